The Bertz CT molecular complexity index is 199. The van der Waals surface area contributed by atoms with Crippen molar-refractivity contribution in [1.29, 1.82) is 0 Å². The summed E-state index contributed by atoms with van der Waals surface area (Å²) >= 11 is 1.70. The van der Waals surface area contributed by atoms with Crippen molar-refractivity contribution in [2.75, 3.05) is 0 Å². The number of hydrogen-bond donors (Lipinski definition) is 0. The van der Waals surface area contributed by atoms with Gasteiger partial charge in [-0.1, -0.05) is 0 Å². The zero-order valence-electron chi connectivity index (χ0n) is 6.24. The van der Waals surface area contributed by atoms with Crippen molar-refractivity contribution in [2.45, 2.75) is 19.9 Å². The molecule has 54 valence electrons. The molecule has 0 fully saturated rings. The fourth-order valence-electron chi connectivity index (χ4n) is 0.584. The fraction of sp³-hybridized carbons (Fsp3) is 0.375. The van der Waals surface area contributed by atoms with Gasteiger partial charge in [-0.2, -0.15) is 11.3 Å². The van der Waals surface area contributed by atoms with E-state index in [1.54, 1.807) is 11.3 Å². The van der Waals surface area contributed by atoms with Gasteiger partial charge < -0.3 is 0 Å². The molecule has 0 spiro atoms. The molecule has 0 saturated carbocycles. The smallest absolute Gasteiger partial charge is 0.0443 e. The highest BCUT2D eigenvalue weighted by molar-refractivity contribution is 7.08. The summed E-state index contributed by atoms with van der Waals surface area (Å²) < 4.78 is 0. The van der Waals surface area contributed by atoms with Crippen molar-refractivity contribution in [1.82, 2.24) is 0 Å². The third kappa shape index (κ3) is 2.31. The van der Waals surface area contributed by atoms with Gasteiger partial charge in [-0.15, -0.1) is 0 Å². The Morgan fingerprint density at radius 1 is 1.60 bits per heavy atom. The van der Waals surface area contributed by atoms with Gasteiger partial charge in [0.15, 0.2) is 0 Å². The Labute approximate surface area is 65.4 Å². The zero-order valence-corrected chi connectivity index (χ0v) is 7.06. The molecule has 0 unspecified atom stereocenters. The van der Waals surface area contributed by atoms with E-state index in [1.165, 1.54) is 5.56 Å². The summed E-state index contributed by atoms with van der Waals surface area (Å²) in [6.07, 6.45) is 1.92. The van der Waals surface area contributed by atoms with Crippen LogP contribution in [0.3, 0.4) is 0 Å². The van der Waals surface area contributed by atoms with Crippen molar-refractivity contribution in [3.8, 4) is 0 Å². The standard InChI is InChI=1S/C8H11NS/c1-7(2)9-5-8-3-4-10-6-8/h3-7H,1-2H3. The molecule has 1 aromatic heterocycles. The second kappa shape index (κ2) is 3.52. The molecule has 0 saturated heterocycles. The molecule has 2 heteroatoms. The van der Waals surface area contributed by atoms with E-state index in [4.69, 9.17) is 0 Å². The van der Waals surface area contributed by atoms with Crippen LogP contribution in [-0.2, 0) is 0 Å². The third-order valence-corrected chi connectivity index (χ3v) is 1.77. The van der Waals surface area contributed by atoms with Gasteiger partial charge in [-0.05, 0) is 30.7 Å². The fourth-order valence-corrected chi connectivity index (χ4v) is 1.19. The summed E-state index contributed by atoms with van der Waals surface area (Å²) in [6.45, 7) is 4.14. The highest BCUT2D eigenvalue weighted by Crippen LogP contribution is 2.02. The first kappa shape index (κ1) is 7.48. The molecule has 0 radical (unpaired) electrons. The molecular formula is C8H11NS. The van der Waals surface area contributed by atoms with Crippen molar-refractivity contribution in [3.05, 3.63) is 22.4 Å². The Balaban J connectivity index is 2.55. The number of rotatable bonds is 2. The van der Waals surface area contributed by atoms with Crippen molar-refractivity contribution in [3.63, 3.8) is 0 Å². The summed E-state index contributed by atoms with van der Waals surface area (Å²) in [5.41, 5.74) is 1.21. The van der Waals surface area contributed by atoms with E-state index in [9.17, 15) is 0 Å². The predicted molar refractivity (Wildman–Crippen MR) is 47.0 cm³/mol. The lowest BCUT2D eigenvalue weighted by Crippen LogP contribution is -1.88. The molecule has 10 heavy (non-hydrogen) atoms. The summed E-state index contributed by atoms with van der Waals surface area (Å²) in [7, 11) is 0. The van der Waals surface area contributed by atoms with Crippen LogP contribution < -0.4 is 0 Å². The normalized spacial score (nSPS) is 11.5. The predicted octanol–water partition coefficient (Wildman–Crippen LogP) is 2.58. The summed E-state index contributed by atoms with van der Waals surface area (Å²) in [5.74, 6) is 0. The maximum atomic E-state index is 4.25. The number of hydrogen-bond acceptors (Lipinski definition) is 2. The zero-order chi connectivity index (χ0) is 7.40. The quantitative estimate of drug-likeness (QED) is 0.579. The first-order chi connectivity index (χ1) is 4.79. The van der Waals surface area contributed by atoms with E-state index in [2.05, 4.69) is 35.7 Å². The van der Waals surface area contributed by atoms with Crippen LogP contribution in [0.2, 0.25) is 0 Å². The van der Waals surface area contributed by atoms with Crippen LogP contribution >= 0.6 is 11.3 Å². The van der Waals surface area contributed by atoms with Gasteiger partial charge in [0.25, 0.3) is 0 Å². The SMILES string of the molecule is CC(C)N=Cc1ccsc1. The van der Waals surface area contributed by atoms with Crippen LogP contribution in [0.1, 0.15) is 19.4 Å². The maximum absolute atomic E-state index is 4.25. The Kier molecular flexibility index (Phi) is 2.63. The molecule has 1 aromatic rings. The topological polar surface area (TPSA) is 12.4 Å². The van der Waals surface area contributed by atoms with E-state index in [1.807, 2.05) is 6.21 Å². The van der Waals surface area contributed by atoms with Gasteiger partial charge in [0, 0.05) is 17.8 Å². The first-order valence-electron chi connectivity index (χ1n) is 3.34. The summed E-state index contributed by atoms with van der Waals surface area (Å²) in [6, 6.07) is 2.47. The maximum Gasteiger partial charge on any atom is 0.0443 e. The van der Waals surface area contributed by atoms with E-state index >= 15 is 0 Å². The summed E-state index contributed by atoms with van der Waals surface area (Å²) in [5, 5.41) is 4.15. The van der Waals surface area contributed by atoms with Crippen LogP contribution in [0.15, 0.2) is 21.8 Å². The van der Waals surface area contributed by atoms with Gasteiger partial charge in [-0.3, -0.25) is 4.99 Å². The molecular weight excluding hydrogens is 142 g/mol. The van der Waals surface area contributed by atoms with Gasteiger partial charge in [-0.25, -0.2) is 0 Å². The van der Waals surface area contributed by atoms with Crippen LogP contribution in [-0.4, -0.2) is 12.3 Å². The van der Waals surface area contributed by atoms with Crippen LogP contribution in [0.4, 0.5) is 0 Å². The van der Waals surface area contributed by atoms with Crippen LogP contribution in [0.5, 0.6) is 0 Å². The number of thiophene rings is 1. The molecule has 0 aliphatic rings. The molecule has 0 N–H and O–H groups in total. The largest absolute Gasteiger partial charge is 0.290 e. The van der Waals surface area contributed by atoms with Gasteiger partial charge >= 0.3 is 0 Å². The highest BCUT2D eigenvalue weighted by atomic mass is 32.1. The molecule has 0 aliphatic carbocycles. The van der Waals surface area contributed by atoms with E-state index in [-0.39, 0.29) is 0 Å². The third-order valence-electron chi connectivity index (χ3n) is 1.06. The lowest BCUT2D eigenvalue weighted by atomic mass is 10.3. The lowest BCUT2D eigenvalue weighted by molar-refractivity contribution is 0.841. The van der Waals surface area contributed by atoms with E-state index < -0.39 is 0 Å². The van der Waals surface area contributed by atoms with Gasteiger partial charge in [0.05, 0.1) is 0 Å². The number of aliphatic imine (C=N–C) groups is 1. The Morgan fingerprint density at radius 2 is 2.40 bits per heavy atom. The molecule has 1 heterocycles. The molecule has 0 aromatic carbocycles. The minimum Gasteiger partial charge on any atom is -0.290 e. The van der Waals surface area contributed by atoms with Crippen molar-refractivity contribution >= 4 is 17.6 Å². The molecule has 1 rings (SSSR count). The first-order valence-corrected chi connectivity index (χ1v) is 4.28. The average molecular weight is 153 g/mol. The Morgan fingerprint density at radius 3 is 2.90 bits per heavy atom. The Hall–Kier alpha value is -0.630. The summed E-state index contributed by atoms with van der Waals surface area (Å²) in [4.78, 5) is 4.25. The molecule has 0 amide bonds. The second-order valence-electron chi connectivity index (χ2n) is 2.43. The molecule has 0 atom stereocenters. The minimum atomic E-state index is 0.403. The number of nitrogens with zero attached hydrogens (tertiary/aromatic N) is 1. The second-order valence-corrected chi connectivity index (χ2v) is 3.21. The molecule has 0 bridgehead atoms. The average Bonchev–Trinajstić information content (AvgIpc) is 2.34. The van der Waals surface area contributed by atoms with Gasteiger partial charge in [0.1, 0.15) is 0 Å². The van der Waals surface area contributed by atoms with E-state index in [0.717, 1.165) is 0 Å². The minimum absolute atomic E-state index is 0.403. The van der Waals surface area contributed by atoms with Crippen LogP contribution in [0.25, 0.3) is 0 Å². The van der Waals surface area contributed by atoms with Crippen molar-refractivity contribution in [2.24, 2.45) is 4.99 Å². The van der Waals surface area contributed by atoms with E-state index in [0.29, 0.717) is 6.04 Å². The molecule has 0 aliphatic heterocycles. The van der Waals surface area contributed by atoms with Crippen molar-refractivity contribution < 1.29 is 0 Å². The molecule has 1 nitrogen and oxygen atoms in total. The lowest BCUT2D eigenvalue weighted by Gasteiger charge is -1.91. The van der Waals surface area contributed by atoms with Gasteiger partial charge in [0.2, 0.25) is 0 Å². The monoisotopic (exact) mass is 153 g/mol. The van der Waals surface area contributed by atoms with Crippen LogP contribution in [0, 0.1) is 0 Å². The highest BCUT2D eigenvalue weighted by Gasteiger charge is 1.86.